The molecular formula is C31H29F4N3O2. The van der Waals surface area contributed by atoms with Crippen molar-refractivity contribution in [2.75, 3.05) is 11.9 Å². The first-order chi connectivity index (χ1) is 19.0. The van der Waals surface area contributed by atoms with Crippen molar-refractivity contribution in [3.05, 3.63) is 105 Å². The van der Waals surface area contributed by atoms with E-state index in [1.165, 1.54) is 11.9 Å². The molecular weight excluding hydrogens is 522 g/mol. The van der Waals surface area contributed by atoms with E-state index in [1.807, 2.05) is 44.2 Å². The third kappa shape index (κ3) is 5.68. The summed E-state index contributed by atoms with van der Waals surface area (Å²) in [5, 5.41) is 9.92. The van der Waals surface area contributed by atoms with Crippen LogP contribution in [0, 0.1) is 37.1 Å². The number of phenolic OH excluding ortho intramolecular Hbond substituents is 1. The molecule has 1 amide bonds. The fourth-order valence-electron chi connectivity index (χ4n) is 4.60. The maximum atomic E-state index is 14.6. The Kier molecular flexibility index (Phi) is 8.52. The molecule has 0 bridgehead atoms. The van der Waals surface area contributed by atoms with Crippen LogP contribution in [0.15, 0.2) is 48.5 Å². The van der Waals surface area contributed by atoms with Crippen LogP contribution in [-0.2, 0) is 24.1 Å². The second-order valence-corrected chi connectivity index (χ2v) is 9.69. The zero-order valence-electron chi connectivity index (χ0n) is 22.7. The van der Waals surface area contributed by atoms with E-state index in [2.05, 4.69) is 0 Å². The maximum Gasteiger partial charge on any atom is 0.232 e. The number of benzene rings is 3. The van der Waals surface area contributed by atoms with Gasteiger partial charge >= 0.3 is 0 Å². The molecule has 4 rings (SSSR count). The van der Waals surface area contributed by atoms with Crippen LogP contribution in [0.4, 0.5) is 23.4 Å². The van der Waals surface area contributed by atoms with E-state index in [0.29, 0.717) is 29.9 Å². The quantitative estimate of drug-likeness (QED) is 0.149. The van der Waals surface area contributed by atoms with Gasteiger partial charge in [0.1, 0.15) is 5.75 Å². The summed E-state index contributed by atoms with van der Waals surface area (Å²) in [5.74, 6) is -7.37. The number of anilines is 1. The molecule has 0 unspecified atom stereocenters. The molecule has 0 fully saturated rings. The van der Waals surface area contributed by atoms with Gasteiger partial charge in [0.2, 0.25) is 5.91 Å². The average molecular weight is 552 g/mol. The van der Waals surface area contributed by atoms with Crippen LogP contribution in [0.5, 0.6) is 5.75 Å². The number of rotatable bonds is 8. The summed E-state index contributed by atoms with van der Waals surface area (Å²) in [4.78, 5) is 24.3. The Morgan fingerprint density at radius 3 is 2.23 bits per heavy atom. The highest BCUT2D eigenvalue weighted by molar-refractivity contribution is 5.94. The molecule has 1 aromatic heterocycles. The minimum Gasteiger partial charge on any atom is -0.508 e. The Balaban J connectivity index is 1.83. The summed E-state index contributed by atoms with van der Waals surface area (Å²) < 4.78 is 56.4. The van der Waals surface area contributed by atoms with Gasteiger partial charge in [0.15, 0.2) is 29.1 Å². The molecule has 0 atom stereocenters. The van der Waals surface area contributed by atoms with E-state index in [4.69, 9.17) is 9.97 Å². The van der Waals surface area contributed by atoms with E-state index in [9.17, 15) is 27.5 Å². The predicted octanol–water partition coefficient (Wildman–Crippen LogP) is 6.77. The maximum absolute atomic E-state index is 14.6. The first-order valence-corrected chi connectivity index (χ1v) is 12.8. The van der Waals surface area contributed by atoms with Gasteiger partial charge < -0.3 is 5.11 Å². The Hall–Kier alpha value is -4.27. The zero-order chi connectivity index (χ0) is 29.1. The fourth-order valence-corrected chi connectivity index (χ4v) is 4.60. The summed E-state index contributed by atoms with van der Waals surface area (Å²) in [7, 11) is 1.44. The van der Waals surface area contributed by atoms with Gasteiger partial charge in [-0.15, -0.1) is 0 Å². The molecule has 0 spiro atoms. The lowest BCUT2D eigenvalue weighted by Gasteiger charge is -2.23. The number of phenols is 1. The normalized spacial score (nSPS) is 11.1. The van der Waals surface area contributed by atoms with Crippen molar-refractivity contribution in [2.45, 2.75) is 46.5 Å². The van der Waals surface area contributed by atoms with E-state index in [-0.39, 0.29) is 11.6 Å². The Morgan fingerprint density at radius 2 is 1.57 bits per heavy atom. The number of amides is 1. The second kappa shape index (κ2) is 11.9. The fraction of sp³-hybridized carbons (Fsp3) is 0.258. The van der Waals surface area contributed by atoms with Crippen LogP contribution in [0.2, 0.25) is 0 Å². The number of nitrogens with zero attached hydrogens (tertiary/aromatic N) is 3. The van der Waals surface area contributed by atoms with Gasteiger partial charge in [-0.05, 0) is 55.2 Å². The third-order valence-corrected chi connectivity index (χ3v) is 6.83. The Morgan fingerprint density at radius 1 is 0.900 bits per heavy atom. The van der Waals surface area contributed by atoms with Gasteiger partial charge in [0.25, 0.3) is 0 Å². The largest absolute Gasteiger partial charge is 0.508 e. The lowest BCUT2D eigenvalue weighted by Crippen LogP contribution is -2.31. The summed E-state index contributed by atoms with van der Waals surface area (Å²) in [5.41, 5.74) is 3.12. The van der Waals surface area contributed by atoms with Gasteiger partial charge in [-0.3, -0.25) is 9.69 Å². The Bertz CT molecular complexity index is 1550. The van der Waals surface area contributed by atoms with Crippen LogP contribution in [0.1, 0.15) is 47.0 Å². The number of aromatic nitrogens is 2. The lowest BCUT2D eigenvalue weighted by atomic mass is 10.0. The molecule has 1 heterocycles. The molecule has 5 nitrogen and oxygen atoms in total. The van der Waals surface area contributed by atoms with Crippen LogP contribution < -0.4 is 4.90 Å². The summed E-state index contributed by atoms with van der Waals surface area (Å²) in [6.07, 6.45) is 0.860. The van der Waals surface area contributed by atoms with Crippen molar-refractivity contribution in [3.8, 4) is 17.0 Å². The second-order valence-electron chi connectivity index (χ2n) is 9.69. The van der Waals surface area contributed by atoms with Crippen molar-refractivity contribution < 1.29 is 27.5 Å². The number of likely N-dealkylation sites (N-methyl/N-ethyl adjacent to an activating group) is 1. The van der Waals surface area contributed by atoms with Crippen LogP contribution >= 0.6 is 0 Å². The molecule has 4 aromatic rings. The molecule has 3 aromatic carbocycles. The molecule has 0 aliphatic rings. The number of hydrogen-bond acceptors (Lipinski definition) is 4. The highest BCUT2D eigenvalue weighted by Crippen LogP contribution is 2.32. The molecule has 208 valence electrons. The van der Waals surface area contributed by atoms with Gasteiger partial charge in [0, 0.05) is 24.6 Å². The highest BCUT2D eigenvalue weighted by atomic mass is 19.2. The lowest BCUT2D eigenvalue weighted by molar-refractivity contribution is -0.117. The SMILES string of the molecule is CCCc1nc(N(C)C(=O)Cc2c(C)c(F)c(F)c(F)c2F)c(Cc2ccccc2)nc1-c1ccc(O)cc1C. The summed E-state index contributed by atoms with van der Waals surface area (Å²) in [6, 6.07) is 14.4. The van der Waals surface area contributed by atoms with Crippen molar-refractivity contribution >= 4 is 11.7 Å². The summed E-state index contributed by atoms with van der Waals surface area (Å²) >= 11 is 0. The smallest absolute Gasteiger partial charge is 0.232 e. The molecule has 40 heavy (non-hydrogen) atoms. The molecule has 1 N–H and O–H groups in total. The molecule has 0 aliphatic heterocycles. The minimum atomic E-state index is -1.96. The van der Waals surface area contributed by atoms with Crippen LogP contribution in [0.3, 0.4) is 0 Å². The van der Waals surface area contributed by atoms with Crippen molar-refractivity contribution in [2.24, 2.45) is 0 Å². The van der Waals surface area contributed by atoms with Gasteiger partial charge in [0.05, 0.1) is 23.5 Å². The Labute approximate surface area is 230 Å². The van der Waals surface area contributed by atoms with E-state index in [0.717, 1.165) is 30.0 Å². The third-order valence-electron chi connectivity index (χ3n) is 6.83. The molecule has 0 saturated carbocycles. The van der Waals surface area contributed by atoms with E-state index < -0.39 is 46.7 Å². The van der Waals surface area contributed by atoms with Crippen molar-refractivity contribution in [3.63, 3.8) is 0 Å². The molecule has 0 radical (unpaired) electrons. The first-order valence-electron chi connectivity index (χ1n) is 12.8. The number of aryl methyl sites for hydroxylation is 2. The first kappa shape index (κ1) is 28.7. The van der Waals surface area contributed by atoms with E-state index >= 15 is 0 Å². The molecule has 0 aliphatic carbocycles. The number of carbonyl (C=O) groups excluding carboxylic acids is 1. The number of hydrogen-bond donors (Lipinski definition) is 1. The standard InChI is InChI=1S/C31H29F4N3O2/c1-5-9-23-30(21-13-12-20(39)14-17(21)2)36-24(15-19-10-7-6-8-11-19)31(37-23)38(4)25(40)16-22-18(3)26(32)28(34)29(35)27(22)33/h6-8,10-14,39H,5,9,15-16H2,1-4H3. The predicted molar refractivity (Wildman–Crippen MR) is 145 cm³/mol. The van der Waals surface area contributed by atoms with Gasteiger partial charge in [-0.25, -0.2) is 27.5 Å². The highest BCUT2D eigenvalue weighted by Gasteiger charge is 2.27. The van der Waals surface area contributed by atoms with Crippen molar-refractivity contribution in [1.29, 1.82) is 0 Å². The minimum absolute atomic E-state index is 0.119. The van der Waals surface area contributed by atoms with Gasteiger partial charge in [-0.2, -0.15) is 0 Å². The van der Waals surface area contributed by atoms with Crippen LogP contribution in [0.25, 0.3) is 11.3 Å². The zero-order valence-corrected chi connectivity index (χ0v) is 22.7. The van der Waals surface area contributed by atoms with E-state index in [1.54, 1.807) is 18.2 Å². The monoisotopic (exact) mass is 551 g/mol. The number of halogens is 4. The number of aromatic hydroxyl groups is 1. The average Bonchev–Trinajstić information content (AvgIpc) is 2.94. The van der Waals surface area contributed by atoms with Crippen LogP contribution in [-0.4, -0.2) is 28.0 Å². The molecule has 9 heteroatoms. The topological polar surface area (TPSA) is 66.3 Å². The van der Waals surface area contributed by atoms with Gasteiger partial charge in [-0.1, -0.05) is 43.7 Å². The summed E-state index contributed by atoms with van der Waals surface area (Å²) in [6.45, 7) is 4.92. The molecule has 0 saturated heterocycles. The number of carbonyl (C=O) groups is 1. The van der Waals surface area contributed by atoms with Crippen molar-refractivity contribution in [1.82, 2.24) is 9.97 Å².